The van der Waals surface area contributed by atoms with E-state index in [2.05, 4.69) is 28.5 Å². The molecule has 2 heteroatoms. The Bertz CT molecular complexity index is 311. The molecule has 0 unspecified atom stereocenters. The maximum atomic E-state index is 4.29. The Morgan fingerprint density at radius 2 is 2.31 bits per heavy atom. The van der Waals surface area contributed by atoms with Gasteiger partial charge in [-0.05, 0) is 37.1 Å². The summed E-state index contributed by atoms with van der Waals surface area (Å²) in [5.74, 6) is 0. The third-order valence-corrected chi connectivity index (χ3v) is 2.35. The van der Waals surface area contributed by atoms with Crippen LogP contribution in [0, 0.1) is 6.92 Å². The molecule has 0 amide bonds. The Morgan fingerprint density at radius 1 is 1.38 bits per heavy atom. The number of aryl methyl sites for hydroxylation is 1. The summed E-state index contributed by atoms with van der Waals surface area (Å²) < 4.78 is 0. The third-order valence-electron chi connectivity index (χ3n) is 2.35. The van der Waals surface area contributed by atoms with Crippen LogP contribution in [0.1, 0.15) is 17.7 Å². The predicted octanol–water partition coefficient (Wildman–Crippen LogP) is 1.77. The first-order valence-corrected chi connectivity index (χ1v) is 4.69. The lowest BCUT2D eigenvalue weighted by atomic mass is 10.0. The molecule has 0 radical (unpaired) electrons. The molecule has 1 N–H and O–H groups in total. The third kappa shape index (κ3) is 1.95. The Kier molecular flexibility index (Phi) is 2.41. The van der Waals surface area contributed by atoms with Crippen molar-refractivity contribution in [3.8, 4) is 0 Å². The molecule has 0 atom stereocenters. The summed E-state index contributed by atoms with van der Waals surface area (Å²) in [5, 5.41) is 3.30. The molecule has 1 aromatic rings. The minimum Gasteiger partial charge on any atom is -0.313 e. The summed E-state index contributed by atoms with van der Waals surface area (Å²) >= 11 is 0. The second-order valence-corrected chi connectivity index (χ2v) is 3.37. The predicted molar refractivity (Wildman–Crippen MR) is 54.4 cm³/mol. The molecule has 0 bridgehead atoms. The summed E-state index contributed by atoms with van der Waals surface area (Å²) in [6.45, 7) is 4.09. The number of nitrogens with zero attached hydrogens (tertiary/aromatic N) is 1. The van der Waals surface area contributed by atoms with Gasteiger partial charge in [0.1, 0.15) is 0 Å². The molecule has 0 saturated carbocycles. The number of aromatic nitrogens is 1. The van der Waals surface area contributed by atoms with Crippen molar-refractivity contribution in [1.82, 2.24) is 10.3 Å². The molecular formula is C11H14N2. The number of rotatable bonds is 1. The van der Waals surface area contributed by atoms with Gasteiger partial charge in [-0.1, -0.05) is 12.1 Å². The van der Waals surface area contributed by atoms with E-state index in [1.54, 1.807) is 0 Å². The summed E-state index contributed by atoms with van der Waals surface area (Å²) in [5.41, 5.74) is 3.77. The van der Waals surface area contributed by atoms with E-state index in [0.29, 0.717) is 0 Å². The zero-order chi connectivity index (χ0) is 9.10. The first kappa shape index (κ1) is 8.45. The highest BCUT2D eigenvalue weighted by atomic mass is 14.8. The number of hydrogen-bond donors (Lipinski definition) is 1. The highest BCUT2D eigenvalue weighted by molar-refractivity contribution is 5.65. The van der Waals surface area contributed by atoms with Gasteiger partial charge in [0.15, 0.2) is 0 Å². The van der Waals surface area contributed by atoms with Crippen LogP contribution >= 0.6 is 0 Å². The van der Waals surface area contributed by atoms with E-state index >= 15 is 0 Å². The summed E-state index contributed by atoms with van der Waals surface area (Å²) in [7, 11) is 0. The normalized spacial score (nSPS) is 16.8. The van der Waals surface area contributed by atoms with Crippen LogP contribution in [0.2, 0.25) is 0 Å². The topological polar surface area (TPSA) is 24.9 Å². The molecular weight excluding hydrogens is 160 g/mol. The Morgan fingerprint density at radius 3 is 2.92 bits per heavy atom. The standard InChI is InChI=1S/C11H14N2/c1-9-2-3-11(8-13-9)10-4-6-12-7-5-10/h2-4,8,12H,5-7H2,1H3. The van der Waals surface area contributed by atoms with Crippen molar-refractivity contribution in [2.45, 2.75) is 13.3 Å². The van der Waals surface area contributed by atoms with Crippen LogP contribution in [0.3, 0.4) is 0 Å². The van der Waals surface area contributed by atoms with Crippen molar-refractivity contribution in [3.05, 3.63) is 35.7 Å². The maximum Gasteiger partial charge on any atom is 0.0373 e. The van der Waals surface area contributed by atoms with Gasteiger partial charge in [0.05, 0.1) is 0 Å². The van der Waals surface area contributed by atoms with E-state index in [4.69, 9.17) is 0 Å². The first-order valence-electron chi connectivity index (χ1n) is 4.69. The zero-order valence-corrected chi connectivity index (χ0v) is 7.88. The van der Waals surface area contributed by atoms with Crippen molar-refractivity contribution < 1.29 is 0 Å². The van der Waals surface area contributed by atoms with Gasteiger partial charge in [0.25, 0.3) is 0 Å². The number of nitrogens with one attached hydrogen (secondary N) is 1. The van der Waals surface area contributed by atoms with E-state index in [1.807, 2.05) is 13.1 Å². The highest BCUT2D eigenvalue weighted by Crippen LogP contribution is 2.18. The van der Waals surface area contributed by atoms with Crippen molar-refractivity contribution >= 4 is 5.57 Å². The Balaban J connectivity index is 2.24. The van der Waals surface area contributed by atoms with Crippen LogP contribution in [-0.4, -0.2) is 18.1 Å². The van der Waals surface area contributed by atoms with Crippen molar-refractivity contribution in [2.24, 2.45) is 0 Å². The van der Waals surface area contributed by atoms with Crippen LogP contribution in [0.4, 0.5) is 0 Å². The smallest absolute Gasteiger partial charge is 0.0373 e. The summed E-state index contributed by atoms with van der Waals surface area (Å²) in [6.07, 6.45) is 5.33. The largest absolute Gasteiger partial charge is 0.313 e. The second kappa shape index (κ2) is 3.71. The molecule has 2 rings (SSSR count). The molecule has 0 aromatic carbocycles. The average Bonchev–Trinajstić information content (AvgIpc) is 2.20. The molecule has 0 spiro atoms. The Labute approximate surface area is 78.7 Å². The fourth-order valence-electron chi connectivity index (χ4n) is 1.54. The van der Waals surface area contributed by atoms with Gasteiger partial charge >= 0.3 is 0 Å². The SMILES string of the molecule is Cc1ccc(C2=CCNCC2)cn1. The van der Waals surface area contributed by atoms with Gasteiger partial charge in [-0.15, -0.1) is 0 Å². The van der Waals surface area contributed by atoms with E-state index in [-0.39, 0.29) is 0 Å². The average molecular weight is 174 g/mol. The molecule has 0 fully saturated rings. The molecule has 1 aliphatic rings. The van der Waals surface area contributed by atoms with Gasteiger partial charge in [-0.3, -0.25) is 4.98 Å². The van der Waals surface area contributed by atoms with E-state index in [1.165, 1.54) is 11.1 Å². The highest BCUT2D eigenvalue weighted by Gasteiger charge is 2.04. The molecule has 68 valence electrons. The van der Waals surface area contributed by atoms with Crippen molar-refractivity contribution in [2.75, 3.05) is 13.1 Å². The van der Waals surface area contributed by atoms with Crippen LogP contribution in [0.25, 0.3) is 5.57 Å². The first-order chi connectivity index (χ1) is 6.36. The monoisotopic (exact) mass is 174 g/mol. The molecule has 1 aromatic heterocycles. The lowest BCUT2D eigenvalue weighted by molar-refractivity contribution is 0.738. The van der Waals surface area contributed by atoms with Gasteiger partial charge in [0, 0.05) is 18.4 Å². The second-order valence-electron chi connectivity index (χ2n) is 3.37. The molecule has 0 saturated heterocycles. The fraction of sp³-hybridized carbons (Fsp3) is 0.364. The molecule has 2 heterocycles. The fourth-order valence-corrected chi connectivity index (χ4v) is 1.54. The summed E-state index contributed by atoms with van der Waals surface area (Å²) in [6, 6.07) is 4.22. The molecule has 0 aliphatic carbocycles. The quantitative estimate of drug-likeness (QED) is 0.701. The van der Waals surface area contributed by atoms with Gasteiger partial charge in [-0.2, -0.15) is 0 Å². The van der Waals surface area contributed by atoms with Crippen molar-refractivity contribution in [1.29, 1.82) is 0 Å². The lowest BCUT2D eigenvalue weighted by Gasteiger charge is -2.13. The number of pyridine rings is 1. The molecule has 13 heavy (non-hydrogen) atoms. The molecule has 1 aliphatic heterocycles. The maximum absolute atomic E-state index is 4.29. The van der Waals surface area contributed by atoms with Crippen LogP contribution in [0.15, 0.2) is 24.4 Å². The zero-order valence-electron chi connectivity index (χ0n) is 7.88. The van der Waals surface area contributed by atoms with E-state index in [9.17, 15) is 0 Å². The van der Waals surface area contributed by atoms with E-state index < -0.39 is 0 Å². The molecule has 2 nitrogen and oxygen atoms in total. The van der Waals surface area contributed by atoms with Crippen LogP contribution in [0.5, 0.6) is 0 Å². The van der Waals surface area contributed by atoms with Gasteiger partial charge < -0.3 is 5.32 Å². The Hall–Kier alpha value is -1.15. The van der Waals surface area contributed by atoms with Crippen LogP contribution < -0.4 is 5.32 Å². The van der Waals surface area contributed by atoms with E-state index in [0.717, 1.165) is 25.2 Å². The number of hydrogen-bond acceptors (Lipinski definition) is 2. The van der Waals surface area contributed by atoms with Crippen molar-refractivity contribution in [3.63, 3.8) is 0 Å². The van der Waals surface area contributed by atoms with Gasteiger partial charge in [-0.25, -0.2) is 0 Å². The summed E-state index contributed by atoms with van der Waals surface area (Å²) in [4.78, 5) is 4.29. The van der Waals surface area contributed by atoms with Crippen LogP contribution in [-0.2, 0) is 0 Å². The minimum absolute atomic E-state index is 0.989. The lowest BCUT2D eigenvalue weighted by Crippen LogP contribution is -2.20. The minimum atomic E-state index is 0.989. The van der Waals surface area contributed by atoms with Gasteiger partial charge in [0.2, 0.25) is 0 Å².